The van der Waals surface area contributed by atoms with E-state index >= 15 is 0 Å². The van der Waals surface area contributed by atoms with Crippen molar-refractivity contribution >= 4 is 0 Å². The fourth-order valence-corrected chi connectivity index (χ4v) is 4.55. The van der Waals surface area contributed by atoms with Crippen LogP contribution in [0.1, 0.15) is 44.9 Å². The molecule has 1 heterocycles. The van der Waals surface area contributed by atoms with Crippen molar-refractivity contribution in [2.45, 2.75) is 56.5 Å². The number of hydrogen-bond acceptors (Lipinski definition) is 3. The van der Waals surface area contributed by atoms with Crippen LogP contribution in [0.5, 0.6) is 0 Å². The van der Waals surface area contributed by atoms with Crippen LogP contribution < -0.4 is 5.73 Å². The van der Waals surface area contributed by atoms with Gasteiger partial charge in [0.05, 0.1) is 0 Å². The standard InChI is InChI=1S/C16H31N3/c1-18(2)15-7-9-19(11-15)16(12-17)8-3-4-14(10-16)13-5-6-13/h13-15H,3-12,17H2,1-2H3. The van der Waals surface area contributed by atoms with E-state index < -0.39 is 0 Å². The van der Waals surface area contributed by atoms with Crippen LogP contribution in [0, 0.1) is 11.8 Å². The number of likely N-dealkylation sites (N-methyl/N-ethyl adjacent to an activating group) is 1. The Morgan fingerprint density at radius 3 is 2.53 bits per heavy atom. The van der Waals surface area contributed by atoms with E-state index in [9.17, 15) is 0 Å². The zero-order valence-electron chi connectivity index (χ0n) is 12.8. The van der Waals surface area contributed by atoms with E-state index in [0.717, 1.165) is 24.4 Å². The number of nitrogens with two attached hydrogens (primary N) is 1. The maximum atomic E-state index is 6.27. The first-order chi connectivity index (χ1) is 9.14. The number of rotatable bonds is 4. The van der Waals surface area contributed by atoms with Gasteiger partial charge in [0, 0.05) is 31.2 Å². The smallest absolute Gasteiger partial charge is 0.0335 e. The van der Waals surface area contributed by atoms with Gasteiger partial charge in [0.2, 0.25) is 0 Å². The fourth-order valence-electron chi connectivity index (χ4n) is 4.55. The summed E-state index contributed by atoms with van der Waals surface area (Å²) in [5.41, 5.74) is 6.61. The highest BCUT2D eigenvalue weighted by Crippen LogP contribution is 2.48. The van der Waals surface area contributed by atoms with Crippen molar-refractivity contribution in [3.63, 3.8) is 0 Å². The summed E-state index contributed by atoms with van der Waals surface area (Å²) in [6, 6.07) is 0.740. The Hall–Kier alpha value is -0.120. The van der Waals surface area contributed by atoms with Gasteiger partial charge in [-0.3, -0.25) is 4.90 Å². The van der Waals surface area contributed by atoms with E-state index in [4.69, 9.17) is 5.73 Å². The summed E-state index contributed by atoms with van der Waals surface area (Å²) in [6.07, 6.45) is 9.90. The second-order valence-corrected chi connectivity index (χ2v) is 7.47. The van der Waals surface area contributed by atoms with Crippen molar-refractivity contribution in [2.24, 2.45) is 17.6 Å². The van der Waals surface area contributed by atoms with E-state index in [1.165, 1.54) is 58.0 Å². The molecular weight excluding hydrogens is 234 g/mol. The van der Waals surface area contributed by atoms with E-state index in [-0.39, 0.29) is 0 Å². The number of nitrogens with zero attached hydrogens (tertiary/aromatic N) is 2. The molecule has 1 saturated heterocycles. The molecule has 0 aromatic carbocycles. The largest absolute Gasteiger partial charge is 0.329 e. The van der Waals surface area contributed by atoms with Gasteiger partial charge in [0.15, 0.2) is 0 Å². The third-order valence-electron chi connectivity index (χ3n) is 6.09. The molecule has 2 aliphatic carbocycles. The Kier molecular flexibility index (Phi) is 3.89. The Bertz CT molecular complexity index is 313. The fraction of sp³-hybridized carbons (Fsp3) is 1.00. The Morgan fingerprint density at radius 2 is 1.95 bits per heavy atom. The van der Waals surface area contributed by atoms with Crippen molar-refractivity contribution in [3.8, 4) is 0 Å². The van der Waals surface area contributed by atoms with Crippen LogP contribution in [0.3, 0.4) is 0 Å². The molecule has 2 saturated carbocycles. The summed E-state index contributed by atoms with van der Waals surface area (Å²) in [5, 5.41) is 0. The average Bonchev–Trinajstić information content (AvgIpc) is 3.15. The molecule has 3 nitrogen and oxygen atoms in total. The lowest BCUT2D eigenvalue weighted by Gasteiger charge is -2.47. The highest BCUT2D eigenvalue weighted by molar-refractivity contribution is 5.02. The molecule has 0 spiro atoms. The molecular formula is C16H31N3. The number of likely N-dealkylation sites (tertiary alicyclic amines) is 1. The minimum absolute atomic E-state index is 0.344. The van der Waals surface area contributed by atoms with Gasteiger partial charge >= 0.3 is 0 Å². The third kappa shape index (κ3) is 2.70. The van der Waals surface area contributed by atoms with Crippen molar-refractivity contribution in [3.05, 3.63) is 0 Å². The molecule has 110 valence electrons. The van der Waals surface area contributed by atoms with Crippen molar-refractivity contribution in [1.29, 1.82) is 0 Å². The molecule has 3 aliphatic rings. The third-order valence-corrected chi connectivity index (χ3v) is 6.09. The molecule has 0 aromatic rings. The maximum Gasteiger partial charge on any atom is 0.0335 e. The van der Waals surface area contributed by atoms with E-state index in [2.05, 4.69) is 23.9 Å². The molecule has 2 N–H and O–H groups in total. The first kappa shape index (κ1) is 13.8. The highest BCUT2D eigenvalue weighted by Gasteiger charge is 2.46. The van der Waals surface area contributed by atoms with Crippen LogP contribution in [-0.4, -0.2) is 55.1 Å². The van der Waals surface area contributed by atoms with Gasteiger partial charge in [-0.1, -0.05) is 12.8 Å². The van der Waals surface area contributed by atoms with Gasteiger partial charge in [0.25, 0.3) is 0 Å². The molecule has 0 amide bonds. The summed E-state index contributed by atoms with van der Waals surface area (Å²) in [7, 11) is 4.44. The zero-order chi connectivity index (χ0) is 13.5. The molecule has 0 radical (unpaired) electrons. The summed E-state index contributed by atoms with van der Waals surface area (Å²) < 4.78 is 0. The van der Waals surface area contributed by atoms with Crippen LogP contribution in [0.25, 0.3) is 0 Å². The second kappa shape index (κ2) is 5.34. The minimum atomic E-state index is 0.344. The first-order valence-electron chi connectivity index (χ1n) is 8.26. The lowest BCUT2D eigenvalue weighted by Crippen LogP contribution is -2.56. The summed E-state index contributed by atoms with van der Waals surface area (Å²) >= 11 is 0. The molecule has 0 aromatic heterocycles. The SMILES string of the molecule is CN(C)C1CCN(C2(CN)CCCC(C3CC3)C2)C1. The van der Waals surface area contributed by atoms with Gasteiger partial charge in [-0.15, -0.1) is 0 Å². The quantitative estimate of drug-likeness (QED) is 0.843. The molecule has 3 rings (SSSR count). The molecule has 0 bridgehead atoms. The van der Waals surface area contributed by atoms with Crippen LogP contribution in [0.15, 0.2) is 0 Å². The van der Waals surface area contributed by atoms with Crippen molar-refractivity contribution in [2.75, 3.05) is 33.7 Å². The van der Waals surface area contributed by atoms with Crippen molar-refractivity contribution < 1.29 is 0 Å². The lowest BCUT2D eigenvalue weighted by molar-refractivity contribution is 0.0452. The number of hydrogen-bond donors (Lipinski definition) is 1. The summed E-state index contributed by atoms with van der Waals surface area (Å²) in [5.74, 6) is 2.04. The Labute approximate surface area is 118 Å². The van der Waals surface area contributed by atoms with Crippen molar-refractivity contribution in [1.82, 2.24) is 9.80 Å². The van der Waals surface area contributed by atoms with E-state index in [0.29, 0.717) is 5.54 Å². The highest BCUT2D eigenvalue weighted by atomic mass is 15.3. The molecule has 3 fully saturated rings. The molecule has 1 aliphatic heterocycles. The first-order valence-corrected chi connectivity index (χ1v) is 8.26. The molecule has 3 atom stereocenters. The van der Waals surface area contributed by atoms with Crippen LogP contribution in [0.4, 0.5) is 0 Å². The maximum absolute atomic E-state index is 6.27. The predicted octanol–water partition coefficient (Wildman–Crippen LogP) is 1.92. The molecule has 3 heteroatoms. The average molecular weight is 265 g/mol. The molecule has 3 unspecified atom stereocenters. The Balaban J connectivity index is 1.68. The van der Waals surface area contributed by atoms with E-state index in [1.54, 1.807) is 0 Å². The van der Waals surface area contributed by atoms with Crippen LogP contribution in [-0.2, 0) is 0 Å². The van der Waals surface area contributed by atoms with Gasteiger partial charge in [0.1, 0.15) is 0 Å². The van der Waals surface area contributed by atoms with Crippen LogP contribution in [0.2, 0.25) is 0 Å². The monoisotopic (exact) mass is 265 g/mol. The minimum Gasteiger partial charge on any atom is -0.329 e. The van der Waals surface area contributed by atoms with E-state index in [1.807, 2.05) is 0 Å². The second-order valence-electron chi connectivity index (χ2n) is 7.47. The topological polar surface area (TPSA) is 32.5 Å². The predicted molar refractivity (Wildman–Crippen MR) is 80.1 cm³/mol. The zero-order valence-corrected chi connectivity index (χ0v) is 12.8. The lowest BCUT2D eigenvalue weighted by atomic mass is 9.73. The van der Waals surface area contributed by atoms with Gasteiger partial charge in [-0.25, -0.2) is 0 Å². The Morgan fingerprint density at radius 1 is 1.16 bits per heavy atom. The molecule has 19 heavy (non-hydrogen) atoms. The summed E-state index contributed by atoms with van der Waals surface area (Å²) in [6.45, 7) is 3.37. The van der Waals surface area contributed by atoms with Gasteiger partial charge in [-0.2, -0.15) is 0 Å². The van der Waals surface area contributed by atoms with Gasteiger partial charge < -0.3 is 10.6 Å². The normalized spacial score (nSPS) is 41.1. The van der Waals surface area contributed by atoms with Crippen LogP contribution >= 0.6 is 0 Å². The van der Waals surface area contributed by atoms with Gasteiger partial charge in [-0.05, 0) is 58.0 Å². The summed E-state index contributed by atoms with van der Waals surface area (Å²) in [4.78, 5) is 5.15.